The lowest BCUT2D eigenvalue weighted by Crippen LogP contribution is -2.48. The van der Waals surface area contributed by atoms with Gasteiger partial charge in [-0.25, -0.2) is 13.1 Å². The molecule has 24 heavy (non-hydrogen) atoms. The van der Waals surface area contributed by atoms with E-state index in [0.717, 1.165) is 12.8 Å². The van der Waals surface area contributed by atoms with Crippen LogP contribution in [0.5, 0.6) is 0 Å². The largest absolute Gasteiger partial charge is 0.381 e. The Bertz CT molecular complexity index is 606. The Balaban J connectivity index is 0.00000288. The van der Waals surface area contributed by atoms with Gasteiger partial charge in [0.25, 0.3) is 0 Å². The fraction of sp³-hybridized carbons (Fsp3) is 0.533. The van der Waals surface area contributed by atoms with Crippen LogP contribution in [0.2, 0.25) is 0 Å². The molecule has 1 unspecified atom stereocenters. The molecule has 1 fully saturated rings. The summed E-state index contributed by atoms with van der Waals surface area (Å²) in [6, 6.07) is 7.51. The number of rotatable bonds is 7. The predicted molar refractivity (Wildman–Crippen MR) is 93.4 cm³/mol. The molecular formula is C15H24ClN3O4S. The van der Waals surface area contributed by atoms with E-state index in [1.807, 2.05) is 0 Å². The third-order valence-electron chi connectivity index (χ3n) is 3.85. The Morgan fingerprint density at radius 2 is 1.83 bits per heavy atom. The van der Waals surface area contributed by atoms with Gasteiger partial charge in [-0.3, -0.25) is 4.79 Å². The Labute approximate surface area is 148 Å². The van der Waals surface area contributed by atoms with Gasteiger partial charge in [-0.2, -0.15) is 0 Å². The van der Waals surface area contributed by atoms with Crippen LogP contribution in [0.25, 0.3) is 0 Å². The molecule has 0 spiro atoms. The van der Waals surface area contributed by atoms with Gasteiger partial charge in [0.05, 0.1) is 10.9 Å². The molecule has 1 aliphatic rings. The van der Waals surface area contributed by atoms with Crippen molar-refractivity contribution in [2.45, 2.75) is 23.8 Å². The first-order valence-electron chi connectivity index (χ1n) is 7.66. The van der Waals surface area contributed by atoms with Crippen molar-refractivity contribution in [3.63, 3.8) is 0 Å². The molecule has 1 heterocycles. The second-order valence-electron chi connectivity index (χ2n) is 5.48. The van der Waals surface area contributed by atoms with Gasteiger partial charge in [0.1, 0.15) is 0 Å². The van der Waals surface area contributed by atoms with E-state index in [4.69, 9.17) is 10.5 Å². The molecule has 0 saturated carbocycles. The van der Waals surface area contributed by atoms with Crippen LogP contribution in [0, 0.1) is 5.92 Å². The lowest BCUT2D eigenvalue weighted by Gasteiger charge is -2.26. The SMILES string of the molecule is Cl.NC(C(=O)NCCNS(=O)(=O)c1ccccc1)C1CCOCC1. The molecule has 4 N–H and O–H groups in total. The van der Waals surface area contributed by atoms with Gasteiger partial charge in [0, 0.05) is 26.3 Å². The fourth-order valence-corrected chi connectivity index (χ4v) is 3.51. The van der Waals surface area contributed by atoms with Gasteiger partial charge in [0.2, 0.25) is 15.9 Å². The smallest absolute Gasteiger partial charge is 0.240 e. The highest BCUT2D eigenvalue weighted by Gasteiger charge is 2.26. The first kappa shape index (κ1) is 20.9. The van der Waals surface area contributed by atoms with E-state index in [2.05, 4.69) is 10.0 Å². The van der Waals surface area contributed by atoms with E-state index in [9.17, 15) is 13.2 Å². The summed E-state index contributed by atoms with van der Waals surface area (Å²) in [5, 5.41) is 2.67. The van der Waals surface area contributed by atoms with Crippen molar-refractivity contribution in [3.05, 3.63) is 30.3 Å². The minimum atomic E-state index is -3.55. The van der Waals surface area contributed by atoms with Gasteiger partial charge < -0.3 is 15.8 Å². The van der Waals surface area contributed by atoms with Crippen molar-refractivity contribution in [2.24, 2.45) is 11.7 Å². The number of halogens is 1. The van der Waals surface area contributed by atoms with Crippen molar-refractivity contribution in [1.29, 1.82) is 0 Å². The zero-order valence-electron chi connectivity index (χ0n) is 13.3. The third kappa shape index (κ3) is 6.03. The number of hydrogen-bond donors (Lipinski definition) is 3. The Morgan fingerprint density at radius 3 is 2.46 bits per heavy atom. The van der Waals surface area contributed by atoms with E-state index in [0.29, 0.717) is 13.2 Å². The fourth-order valence-electron chi connectivity index (χ4n) is 2.46. The van der Waals surface area contributed by atoms with E-state index in [-0.39, 0.29) is 42.2 Å². The molecule has 7 nitrogen and oxygen atoms in total. The van der Waals surface area contributed by atoms with Gasteiger partial charge in [-0.05, 0) is 30.9 Å². The molecule has 2 rings (SSSR count). The van der Waals surface area contributed by atoms with Crippen LogP contribution in [0.15, 0.2) is 35.2 Å². The molecule has 1 atom stereocenters. The minimum absolute atomic E-state index is 0. The second kappa shape index (κ2) is 9.95. The van der Waals surface area contributed by atoms with E-state index in [1.165, 1.54) is 12.1 Å². The standard InChI is InChI=1S/C15H23N3O4S.ClH/c16-14(12-6-10-22-11-7-12)15(19)17-8-9-18-23(20,21)13-4-2-1-3-5-13;/h1-5,12,14,18H,6-11,16H2,(H,17,19);1H. The highest BCUT2D eigenvalue weighted by molar-refractivity contribution is 7.89. The van der Waals surface area contributed by atoms with Crippen molar-refractivity contribution >= 4 is 28.3 Å². The number of ether oxygens (including phenoxy) is 1. The van der Waals surface area contributed by atoms with Crippen LogP contribution < -0.4 is 15.8 Å². The molecule has 1 aromatic carbocycles. The number of amides is 1. The van der Waals surface area contributed by atoms with Crippen molar-refractivity contribution in [2.75, 3.05) is 26.3 Å². The Hall–Kier alpha value is -1.19. The highest BCUT2D eigenvalue weighted by atomic mass is 35.5. The lowest BCUT2D eigenvalue weighted by molar-refractivity contribution is -0.124. The average Bonchev–Trinajstić information content (AvgIpc) is 2.59. The highest BCUT2D eigenvalue weighted by Crippen LogP contribution is 2.17. The zero-order chi connectivity index (χ0) is 16.7. The number of sulfonamides is 1. The van der Waals surface area contributed by atoms with Crippen molar-refractivity contribution in [3.8, 4) is 0 Å². The number of nitrogens with one attached hydrogen (secondary N) is 2. The number of nitrogens with two attached hydrogens (primary N) is 1. The molecule has 0 radical (unpaired) electrons. The molecule has 9 heteroatoms. The topological polar surface area (TPSA) is 111 Å². The van der Waals surface area contributed by atoms with Crippen LogP contribution in [0.4, 0.5) is 0 Å². The number of hydrogen-bond acceptors (Lipinski definition) is 5. The molecule has 1 saturated heterocycles. The molecular weight excluding hydrogens is 354 g/mol. The predicted octanol–water partition coefficient (Wildman–Crippen LogP) is 0.257. The second-order valence-corrected chi connectivity index (χ2v) is 7.24. The first-order chi connectivity index (χ1) is 11.0. The lowest BCUT2D eigenvalue weighted by atomic mass is 9.92. The van der Waals surface area contributed by atoms with Crippen molar-refractivity contribution < 1.29 is 17.9 Å². The number of carbonyl (C=O) groups excluding carboxylic acids is 1. The van der Waals surface area contributed by atoms with Gasteiger partial charge in [0.15, 0.2) is 0 Å². The van der Waals surface area contributed by atoms with Crippen LogP contribution in [0.3, 0.4) is 0 Å². The van der Waals surface area contributed by atoms with E-state index in [1.54, 1.807) is 18.2 Å². The third-order valence-corrected chi connectivity index (χ3v) is 5.32. The van der Waals surface area contributed by atoms with Crippen LogP contribution in [0.1, 0.15) is 12.8 Å². The van der Waals surface area contributed by atoms with Crippen LogP contribution in [-0.2, 0) is 19.6 Å². The van der Waals surface area contributed by atoms with Crippen LogP contribution in [-0.4, -0.2) is 46.7 Å². The number of carbonyl (C=O) groups is 1. The maximum absolute atomic E-state index is 12.0. The summed E-state index contributed by atoms with van der Waals surface area (Å²) in [7, 11) is -3.55. The summed E-state index contributed by atoms with van der Waals surface area (Å²) >= 11 is 0. The molecule has 0 bridgehead atoms. The van der Waals surface area contributed by atoms with Crippen LogP contribution >= 0.6 is 12.4 Å². The van der Waals surface area contributed by atoms with Gasteiger partial charge in [-0.15, -0.1) is 12.4 Å². The molecule has 1 aliphatic heterocycles. The molecule has 136 valence electrons. The quantitative estimate of drug-likeness (QED) is 0.590. The maximum Gasteiger partial charge on any atom is 0.240 e. The van der Waals surface area contributed by atoms with Gasteiger partial charge in [-0.1, -0.05) is 18.2 Å². The van der Waals surface area contributed by atoms with E-state index >= 15 is 0 Å². The Kier molecular flexibility index (Phi) is 8.65. The normalized spacial score (nSPS) is 16.9. The molecule has 1 aromatic rings. The maximum atomic E-state index is 12.0. The van der Waals surface area contributed by atoms with Crippen molar-refractivity contribution in [1.82, 2.24) is 10.0 Å². The summed E-state index contributed by atoms with van der Waals surface area (Å²) in [4.78, 5) is 12.2. The summed E-state index contributed by atoms with van der Waals surface area (Å²) in [6.45, 7) is 1.57. The Morgan fingerprint density at radius 1 is 1.21 bits per heavy atom. The van der Waals surface area contributed by atoms with E-state index < -0.39 is 16.1 Å². The minimum Gasteiger partial charge on any atom is -0.381 e. The monoisotopic (exact) mass is 377 g/mol. The molecule has 0 aromatic heterocycles. The van der Waals surface area contributed by atoms with Gasteiger partial charge >= 0.3 is 0 Å². The number of benzene rings is 1. The summed E-state index contributed by atoms with van der Waals surface area (Å²) < 4.78 is 31.7. The summed E-state index contributed by atoms with van der Waals surface area (Å²) in [5.74, 6) is -0.138. The summed E-state index contributed by atoms with van der Waals surface area (Å²) in [5.41, 5.74) is 5.94. The first-order valence-corrected chi connectivity index (χ1v) is 9.15. The molecule has 0 aliphatic carbocycles. The average molecular weight is 378 g/mol. The zero-order valence-corrected chi connectivity index (χ0v) is 14.9. The molecule has 1 amide bonds. The summed E-state index contributed by atoms with van der Waals surface area (Å²) in [6.07, 6.45) is 1.55.